The van der Waals surface area contributed by atoms with E-state index in [-0.39, 0.29) is 39.6 Å². The molecule has 11 atom stereocenters. The Labute approximate surface area is 217 Å². The zero-order valence-electron chi connectivity index (χ0n) is 24.9. The van der Waals surface area contributed by atoms with Crippen LogP contribution in [0.25, 0.3) is 0 Å². The summed E-state index contributed by atoms with van der Waals surface area (Å²) in [5.41, 5.74) is 1.43. The molecule has 0 radical (unpaired) electrons. The molecule has 0 amide bonds. The highest BCUT2D eigenvalue weighted by molar-refractivity contribution is 5.94. The molecule has 3 fully saturated rings. The van der Waals surface area contributed by atoms with E-state index >= 15 is 0 Å². The molecule has 2 nitrogen and oxygen atoms in total. The van der Waals surface area contributed by atoms with Gasteiger partial charge in [-0.3, -0.25) is 4.79 Å². The van der Waals surface area contributed by atoms with Crippen LogP contribution in [0.3, 0.4) is 0 Å². The lowest BCUT2D eigenvalue weighted by Gasteiger charge is -2.64. The van der Waals surface area contributed by atoms with Gasteiger partial charge in [-0.05, 0) is 102 Å². The summed E-state index contributed by atoms with van der Waals surface area (Å²) in [6, 6.07) is 0. The second kappa shape index (κ2) is 8.71. The molecule has 0 saturated heterocycles. The quantitative estimate of drug-likeness (QED) is 0.426. The van der Waals surface area contributed by atoms with Crippen LogP contribution in [0.5, 0.6) is 0 Å². The summed E-state index contributed by atoms with van der Waals surface area (Å²) in [4.78, 5) is 13.7. The van der Waals surface area contributed by atoms with Crippen LogP contribution in [0, 0.1) is 69.0 Å². The fourth-order valence-corrected chi connectivity index (χ4v) is 10.0. The molecule has 0 aromatic heterocycles. The van der Waals surface area contributed by atoms with Gasteiger partial charge in [-0.15, -0.1) is 0 Å². The van der Waals surface area contributed by atoms with Crippen molar-refractivity contribution in [2.75, 3.05) is 0 Å². The molecule has 0 bridgehead atoms. The summed E-state index contributed by atoms with van der Waals surface area (Å²) < 4.78 is 0. The fourth-order valence-electron chi connectivity index (χ4n) is 10.0. The summed E-state index contributed by atoms with van der Waals surface area (Å²) in [6.07, 6.45) is 8.27. The van der Waals surface area contributed by atoms with E-state index in [1.54, 1.807) is 0 Å². The number of carbonyl (C=O) groups excluding carboxylic acids is 1. The third kappa shape index (κ3) is 3.85. The molecular weight excluding hydrogens is 428 g/mol. The Kier molecular flexibility index (Phi) is 6.82. The number of hydrogen-bond donors (Lipinski definition) is 1. The SMILES string of the molecule is CC(C)C(C)C[C@@H](C)C(C)(C)[C@H]1CC[C@@]2(C)C3=CC(=O)[C@@H]4C[C@@H](C)[C@@H](C)C[C@]4(C)C3[C@H](O)C[C@]12C. The monoisotopic (exact) mass is 484 g/mol. The van der Waals surface area contributed by atoms with Gasteiger partial charge in [0.15, 0.2) is 5.78 Å². The van der Waals surface area contributed by atoms with Crippen molar-refractivity contribution in [3.05, 3.63) is 11.6 Å². The lowest BCUT2D eigenvalue weighted by atomic mass is 9.41. The molecule has 2 heteroatoms. The van der Waals surface area contributed by atoms with E-state index in [0.717, 1.165) is 31.6 Å². The molecule has 0 aromatic carbocycles. The number of allylic oxidation sites excluding steroid dienone is 1. The maximum Gasteiger partial charge on any atom is 0.159 e. The van der Waals surface area contributed by atoms with Crippen molar-refractivity contribution >= 4 is 5.78 Å². The molecule has 2 unspecified atom stereocenters. The minimum absolute atomic E-state index is 0.00183. The molecule has 4 aliphatic rings. The maximum atomic E-state index is 13.7. The van der Waals surface area contributed by atoms with Gasteiger partial charge in [0.25, 0.3) is 0 Å². The summed E-state index contributed by atoms with van der Waals surface area (Å²) in [6.45, 7) is 26.6. The molecule has 35 heavy (non-hydrogen) atoms. The lowest BCUT2D eigenvalue weighted by molar-refractivity contribution is -0.148. The Bertz CT molecular complexity index is 868. The summed E-state index contributed by atoms with van der Waals surface area (Å²) in [5, 5.41) is 12.0. The molecule has 0 heterocycles. The Hall–Kier alpha value is -0.630. The summed E-state index contributed by atoms with van der Waals surface area (Å²) in [5.74, 6) is 4.38. The number of rotatable bonds is 5. The Morgan fingerprint density at radius 2 is 1.69 bits per heavy atom. The van der Waals surface area contributed by atoms with Crippen molar-refractivity contribution < 1.29 is 9.90 Å². The van der Waals surface area contributed by atoms with Gasteiger partial charge < -0.3 is 5.11 Å². The van der Waals surface area contributed by atoms with Gasteiger partial charge in [0.2, 0.25) is 0 Å². The average molecular weight is 485 g/mol. The molecule has 200 valence electrons. The predicted octanol–water partition coefficient (Wildman–Crippen LogP) is 8.33. The van der Waals surface area contributed by atoms with Gasteiger partial charge >= 0.3 is 0 Å². The molecule has 0 aromatic rings. The van der Waals surface area contributed by atoms with Gasteiger partial charge in [0, 0.05) is 11.8 Å². The van der Waals surface area contributed by atoms with E-state index in [9.17, 15) is 9.90 Å². The molecule has 1 N–H and O–H groups in total. The van der Waals surface area contributed by atoms with Crippen LogP contribution in [-0.2, 0) is 4.79 Å². The molecule has 3 saturated carbocycles. The van der Waals surface area contributed by atoms with Crippen molar-refractivity contribution in [3.63, 3.8) is 0 Å². The Morgan fingerprint density at radius 1 is 1.06 bits per heavy atom. The third-order valence-electron chi connectivity index (χ3n) is 13.5. The van der Waals surface area contributed by atoms with Crippen molar-refractivity contribution in [1.82, 2.24) is 0 Å². The van der Waals surface area contributed by atoms with Gasteiger partial charge in [0.05, 0.1) is 6.10 Å². The van der Waals surface area contributed by atoms with Crippen LogP contribution in [0.2, 0.25) is 0 Å². The lowest BCUT2D eigenvalue weighted by Crippen LogP contribution is -2.61. The highest BCUT2D eigenvalue weighted by Gasteiger charge is 2.68. The first-order valence-electron chi connectivity index (χ1n) is 14.9. The van der Waals surface area contributed by atoms with Crippen LogP contribution < -0.4 is 0 Å². The number of aliphatic hydroxyl groups is 1. The molecule has 0 aliphatic heterocycles. The van der Waals surface area contributed by atoms with Gasteiger partial charge in [-0.1, -0.05) is 81.7 Å². The highest BCUT2D eigenvalue weighted by atomic mass is 16.3. The van der Waals surface area contributed by atoms with E-state index in [1.165, 1.54) is 18.4 Å². The first-order valence-corrected chi connectivity index (χ1v) is 14.9. The molecule has 4 aliphatic carbocycles. The number of carbonyl (C=O) groups is 1. The summed E-state index contributed by atoms with van der Waals surface area (Å²) >= 11 is 0. The third-order valence-corrected chi connectivity index (χ3v) is 13.5. The van der Waals surface area contributed by atoms with Crippen LogP contribution in [-0.4, -0.2) is 17.0 Å². The highest BCUT2D eigenvalue weighted by Crippen LogP contribution is 2.74. The number of hydrogen-bond acceptors (Lipinski definition) is 2. The van der Waals surface area contributed by atoms with Crippen molar-refractivity contribution in [2.45, 2.75) is 121 Å². The number of fused-ring (bicyclic) bond motifs is 5. The van der Waals surface area contributed by atoms with Gasteiger partial charge in [-0.25, -0.2) is 0 Å². The minimum Gasteiger partial charge on any atom is -0.392 e. The van der Waals surface area contributed by atoms with E-state index in [1.807, 2.05) is 0 Å². The van der Waals surface area contributed by atoms with Crippen LogP contribution in [0.4, 0.5) is 0 Å². The normalized spacial score (nSPS) is 47.6. The minimum atomic E-state index is -0.346. The molecular formula is C33H56O2. The van der Waals surface area contributed by atoms with E-state index < -0.39 is 0 Å². The van der Waals surface area contributed by atoms with E-state index in [2.05, 4.69) is 82.2 Å². The largest absolute Gasteiger partial charge is 0.392 e. The van der Waals surface area contributed by atoms with Crippen molar-refractivity contribution in [1.29, 1.82) is 0 Å². The van der Waals surface area contributed by atoms with Crippen LogP contribution >= 0.6 is 0 Å². The van der Waals surface area contributed by atoms with Crippen molar-refractivity contribution in [3.8, 4) is 0 Å². The van der Waals surface area contributed by atoms with E-state index in [4.69, 9.17) is 0 Å². The average Bonchev–Trinajstić information content (AvgIpc) is 3.01. The second-order valence-electron chi connectivity index (χ2n) is 15.7. The Morgan fingerprint density at radius 3 is 2.29 bits per heavy atom. The number of aliphatic hydroxyl groups excluding tert-OH is 1. The zero-order valence-corrected chi connectivity index (χ0v) is 24.9. The maximum absolute atomic E-state index is 13.7. The molecule has 4 rings (SSSR count). The first-order chi connectivity index (χ1) is 16.0. The zero-order chi connectivity index (χ0) is 26.3. The summed E-state index contributed by atoms with van der Waals surface area (Å²) in [7, 11) is 0. The van der Waals surface area contributed by atoms with Crippen LogP contribution in [0.1, 0.15) is 115 Å². The van der Waals surface area contributed by atoms with E-state index in [0.29, 0.717) is 35.4 Å². The van der Waals surface area contributed by atoms with Gasteiger partial charge in [-0.2, -0.15) is 0 Å². The predicted molar refractivity (Wildman–Crippen MR) is 147 cm³/mol. The number of ketones is 1. The topological polar surface area (TPSA) is 37.3 Å². The Balaban J connectivity index is 1.72. The van der Waals surface area contributed by atoms with Gasteiger partial charge in [0.1, 0.15) is 0 Å². The smallest absolute Gasteiger partial charge is 0.159 e. The van der Waals surface area contributed by atoms with Crippen molar-refractivity contribution in [2.24, 2.45) is 69.0 Å². The first kappa shape index (κ1) is 27.4. The fraction of sp³-hybridized carbons (Fsp3) is 0.909. The standard InChI is InChI=1S/C33H56O2/c1-19(2)20(3)14-23(6)30(7,8)28-12-13-32(10)25-16-26(34)24-15-21(4)22(5)17-31(24,9)29(25)27(35)18-33(28,32)11/h16,19-24,27-29,35H,12-15,17-18H2,1-11H3/t20?,21-,22+,23-,24+,27-,28-,29?,31+,32+,33-/m1/s1. The molecule has 0 spiro atoms. The second-order valence-corrected chi connectivity index (χ2v) is 15.7. The van der Waals surface area contributed by atoms with Crippen LogP contribution in [0.15, 0.2) is 11.6 Å².